The van der Waals surface area contributed by atoms with Gasteiger partial charge in [0.05, 0.1) is 24.1 Å². The number of hydrogen-bond donors (Lipinski definition) is 2. The van der Waals surface area contributed by atoms with E-state index in [0.717, 1.165) is 10.4 Å². The lowest BCUT2D eigenvalue weighted by Gasteiger charge is -2.10. The Morgan fingerprint density at radius 1 is 1.12 bits per heavy atom. The molecule has 0 aliphatic rings. The minimum absolute atomic E-state index is 0.155. The number of ether oxygens (including phenoxy) is 1. The van der Waals surface area contributed by atoms with Crippen LogP contribution in [0.3, 0.4) is 0 Å². The molecule has 7 heteroatoms. The molecule has 0 aliphatic carbocycles. The molecule has 0 aliphatic heterocycles. The number of esters is 1. The predicted octanol–water partition coefficient (Wildman–Crippen LogP) is 2.52. The molecule has 6 nitrogen and oxygen atoms in total. The van der Waals surface area contributed by atoms with Crippen molar-refractivity contribution in [2.24, 2.45) is 0 Å². The highest BCUT2D eigenvalue weighted by Gasteiger charge is 2.12. The third-order valence-electron chi connectivity index (χ3n) is 3.31. The van der Waals surface area contributed by atoms with Crippen molar-refractivity contribution in [1.29, 1.82) is 0 Å². The molecular weight excluding hydrogens is 328 g/mol. The predicted molar refractivity (Wildman–Crippen MR) is 92.5 cm³/mol. The molecule has 2 amide bonds. The first-order valence-corrected chi connectivity index (χ1v) is 8.06. The van der Waals surface area contributed by atoms with Crippen molar-refractivity contribution in [2.75, 3.05) is 19.0 Å². The number of carbonyl (C=O) groups excluding carboxylic acids is 3. The van der Waals surface area contributed by atoms with E-state index < -0.39 is 5.97 Å². The van der Waals surface area contributed by atoms with Crippen LogP contribution in [0, 0.1) is 13.8 Å². The van der Waals surface area contributed by atoms with Gasteiger partial charge in [0.1, 0.15) is 0 Å². The van der Waals surface area contributed by atoms with Crippen molar-refractivity contribution in [3.05, 3.63) is 51.2 Å². The number of aryl methyl sites for hydroxylation is 2. The Balaban J connectivity index is 1.97. The van der Waals surface area contributed by atoms with E-state index in [-0.39, 0.29) is 18.4 Å². The highest BCUT2D eigenvalue weighted by Crippen LogP contribution is 2.18. The Bertz CT molecular complexity index is 783. The molecule has 126 valence electrons. The van der Waals surface area contributed by atoms with Crippen LogP contribution in [0.1, 0.15) is 30.5 Å². The highest BCUT2D eigenvalue weighted by atomic mass is 32.1. The van der Waals surface area contributed by atoms with Crippen LogP contribution < -0.4 is 10.6 Å². The van der Waals surface area contributed by atoms with Gasteiger partial charge in [-0.1, -0.05) is 6.07 Å². The topological polar surface area (TPSA) is 84.5 Å². The standard InChI is InChI=1S/C17H18N2O4S/c1-10-4-6-12(17(22)23-3)8-13(10)19-15(20)9-18-16(21)14-7-5-11(2)24-14/h4-8H,9H2,1-3H3,(H,18,21)(H,19,20). The molecule has 0 unspecified atom stereocenters. The van der Waals surface area contributed by atoms with Crippen LogP contribution in [0.5, 0.6) is 0 Å². The minimum Gasteiger partial charge on any atom is -0.465 e. The summed E-state index contributed by atoms with van der Waals surface area (Å²) in [7, 11) is 1.29. The summed E-state index contributed by atoms with van der Waals surface area (Å²) in [5.41, 5.74) is 1.65. The molecule has 1 aromatic carbocycles. The molecule has 2 N–H and O–H groups in total. The number of amides is 2. The van der Waals surface area contributed by atoms with Crippen LogP contribution in [0.15, 0.2) is 30.3 Å². The molecule has 1 heterocycles. The van der Waals surface area contributed by atoms with Crippen LogP contribution >= 0.6 is 11.3 Å². The van der Waals surface area contributed by atoms with E-state index in [2.05, 4.69) is 15.4 Å². The molecule has 0 fully saturated rings. The summed E-state index contributed by atoms with van der Waals surface area (Å²) in [5.74, 6) is -1.14. The number of benzene rings is 1. The number of rotatable bonds is 5. The zero-order chi connectivity index (χ0) is 17.7. The average molecular weight is 346 g/mol. The quantitative estimate of drug-likeness (QED) is 0.815. The van der Waals surface area contributed by atoms with Gasteiger partial charge in [0.25, 0.3) is 5.91 Å². The van der Waals surface area contributed by atoms with E-state index in [1.165, 1.54) is 18.4 Å². The van der Waals surface area contributed by atoms with Gasteiger partial charge in [-0.2, -0.15) is 0 Å². The van der Waals surface area contributed by atoms with Crippen LogP contribution in [0.2, 0.25) is 0 Å². The van der Waals surface area contributed by atoms with E-state index in [0.29, 0.717) is 16.1 Å². The highest BCUT2D eigenvalue weighted by molar-refractivity contribution is 7.13. The van der Waals surface area contributed by atoms with Crippen LogP contribution in [-0.4, -0.2) is 31.4 Å². The Hall–Kier alpha value is -2.67. The molecule has 2 aromatic rings. The number of thiophene rings is 1. The van der Waals surface area contributed by atoms with Gasteiger partial charge in [-0.25, -0.2) is 4.79 Å². The first kappa shape index (κ1) is 17.7. The number of nitrogens with one attached hydrogen (secondary N) is 2. The van der Waals surface area contributed by atoms with E-state index in [1.54, 1.807) is 24.3 Å². The number of carbonyl (C=O) groups is 3. The maximum absolute atomic E-state index is 12.0. The molecule has 1 aromatic heterocycles. The van der Waals surface area contributed by atoms with Crippen molar-refractivity contribution in [1.82, 2.24) is 5.32 Å². The first-order chi connectivity index (χ1) is 11.4. The van der Waals surface area contributed by atoms with Gasteiger partial charge in [-0.3, -0.25) is 9.59 Å². The summed E-state index contributed by atoms with van der Waals surface area (Å²) in [5, 5.41) is 5.25. The Morgan fingerprint density at radius 3 is 2.50 bits per heavy atom. The third kappa shape index (κ3) is 4.42. The van der Waals surface area contributed by atoms with Crippen molar-refractivity contribution < 1.29 is 19.1 Å². The van der Waals surface area contributed by atoms with E-state index in [9.17, 15) is 14.4 Å². The van der Waals surface area contributed by atoms with Gasteiger partial charge in [0.15, 0.2) is 0 Å². The van der Waals surface area contributed by atoms with Crippen molar-refractivity contribution in [3.8, 4) is 0 Å². The van der Waals surface area contributed by atoms with Gasteiger partial charge in [0, 0.05) is 10.6 Å². The summed E-state index contributed by atoms with van der Waals surface area (Å²) < 4.78 is 4.66. The molecule has 0 atom stereocenters. The second-order valence-electron chi connectivity index (χ2n) is 5.16. The summed E-state index contributed by atoms with van der Waals surface area (Å²) in [6.07, 6.45) is 0. The van der Waals surface area contributed by atoms with Gasteiger partial charge in [-0.05, 0) is 43.7 Å². The average Bonchev–Trinajstić information content (AvgIpc) is 3.00. The molecule has 0 bridgehead atoms. The van der Waals surface area contributed by atoms with E-state index >= 15 is 0 Å². The zero-order valence-corrected chi connectivity index (χ0v) is 14.5. The zero-order valence-electron chi connectivity index (χ0n) is 13.6. The fourth-order valence-electron chi connectivity index (χ4n) is 2.00. The van der Waals surface area contributed by atoms with Gasteiger partial charge in [0.2, 0.25) is 5.91 Å². The van der Waals surface area contributed by atoms with Crippen LogP contribution in [-0.2, 0) is 9.53 Å². The van der Waals surface area contributed by atoms with Crippen LogP contribution in [0.4, 0.5) is 5.69 Å². The fourth-order valence-corrected chi connectivity index (χ4v) is 2.78. The lowest BCUT2D eigenvalue weighted by atomic mass is 10.1. The second-order valence-corrected chi connectivity index (χ2v) is 6.45. The molecule has 0 radical (unpaired) electrons. The monoisotopic (exact) mass is 346 g/mol. The van der Waals surface area contributed by atoms with Crippen molar-refractivity contribution in [2.45, 2.75) is 13.8 Å². The largest absolute Gasteiger partial charge is 0.465 e. The molecule has 24 heavy (non-hydrogen) atoms. The van der Waals surface area contributed by atoms with Crippen LogP contribution in [0.25, 0.3) is 0 Å². The number of methoxy groups -OCH3 is 1. The Kier molecular flexibility index (Phi) is 5.70. The molecule has 0 spiro atoms. The van der Waals surface area contributed by atoms with Crippen molar-refractivity contribution >= 4 is 34.8 Å². The third-order valence-corrected chi connectivity index (χ3v) is 4.31. The van der Waals surface area contributed by atoms with Gasteiger partial charge in [-0.15, -0.1) is 11.3 Å². The molecular formula is C17H18N2O4S. The summed E-state index contributed by atoms with van der Waals surface area (Å²) in [4.78, 5) is 37.1. The number of hydrogen-bond acceptors (Lipinski definition) is 5. The molecule has 0 saturated carbocycles. The normalized spacial score (nSPS) is 10.1. The first-order valence-electron chi connectivity index (χ1n) is 7.24. The fraction of sp³-hybridized carbons (Fsp3) is 0.235. The van der Waals surface area contributed by atoms with Gasteiger partial charge < -0.3 is 15.4 Å². The second kappa shape index (κ2) is 7.74. The number of anilines is 1. The minimum atomic E-state index is -0.480. The SMILES string of the molecule is COC(=O)c1ccc(C)c(NC(=O)CNC(=O)c2ccc(C)s2)c1. The lowest BCUT2D eigenvalue weighted by molar-refractivity contribution is -0.115. The summed E-state index contributed by atoms with van der Waals surface area (Å²) in [6.45, 7) is 3.56. The molecule has 0 saturated heterocycles. The maximum atomic E-state index is 12.0. The summed E-state index contributed by atoms with van der Waals surface area (Å²) in [6, 6.07) is 8.45. The van der Waals surface area contributed by atoms with E-state index in [1.807, 2.05) is 19.9 Å². The van der Waals surface area contributed by atoms with E-state index in [4.69, 9.17) is 0 Å². The lowest BCUT2D eigenvalue weighted by Crippen LogP contribution is -2.32. The van der Waals surface area contributed by atoms with Gasteiger partial charge >= 0.3 is 5.97 Å². The maximum Gasteiger partial charge on any atom is 0.337 e. The smallest absolute Gasteiger partial charge is 0.337 e. The Morgan fingerprint density at radius 2 is 1.88 bits per heavy atom. The molecule has 2 rings (SSSR count). The summed E-state index contributed by atoms with van der Waals surface area (Å²) >= 11 is 1.37. The van der Waals surface area contributed by atoms with Crippen molar-refractivity contribution in [3.63, 3.8) is 0 Å². The Labute approximate surface area is 143 Å².